The molecule has 150 valence electrons. The lowest BCUT2D eigenvalue weighted by atomic mass is 10.1. The summed E-state index contributed by atoms with van der Waals surface area (Å²) >= 11 is 6.13. The Bertz CT molecular complexity index is 877. The van der Waals surface area contributed by atoms with E-state index < -0.39 is 37.3 Å². The van der Waals surface area contributed by atoms with Gasteiger partial charge in [0.25, 0.3) is 0 Å². The van der Waals surface area contributed by atoms with Crippen LogP contribution in [0.5, 0.6) is 0 Å². The molecule has 0 bridgehead atoms. The number of benzene rings is 1. The van der Waals surface area contributed by atoms with Gasteiger partial charge in [0, 0.05) is 5.02 Å². The summed E-state index contributed by atoms with van der Waals surface area (Å²) in [5, 5.41) is 31.4. The van der Waals surface area contributed by atoms with Gasteiger partial charge in [0.2, 0.25) is 0 Å². The Morgan fingerprint density at radius 2 is 2.04 bits per heavy atom. The van der Waals surface area contributed by atoms with Crippen LogP contribution in [0.25, 0.3) is 0 Å². The summed E-state index contributed by atoms with van der Waals surface area (Å²) in [6.45, 7) is -0.220. The van der Waals surface area contributed by atoms with Crippen LogP contribution in [-0.4, -0.2) is 61.2 Å². The summed E-state index contributed by atoms with van der Waals surface area (Å²) < 4.78 is 7.00. The molecule has 0 amide bonds. The van der Waals surface area contributed by atoms with Crippen molar-refractivity contribution in [1.82, 2.24) is 14.6 Å². The van der Waals surface area contributed by atoms with Crippen LogP contribution in [0.4, 0.5) is 5.82 Å². The van der Waals surface area contributed by atoms with Crippen molar-refractivity contribution >= 4 is 23.8 Å². The number of nitrogens with zero attached hydrogens (tertiary/aromatic N) is 4. The number of aliphatic hydroxyl groups excluding tert-OH is 3. The van der Waals surface area contributed by atoms with Gasteiger partial charge in [-0.2, -0.15) is 0 Å². The number of aliphatic hydroxyl groups is 3. The highest BCUT2D eigenvalue weighted by molar-refractivity contribution is 6.31. The maximum atomic E-state index is 10.2. The van der Waals surface area contributed by atoms with E-state index in [-0.39, 0.29) is 6.61 Å². The van der Waals surface area contributed by atoms with Crippen molar-refractivity contribution in [2.45, 2.75) is 37.3 Å². The first-order valence-corrected chi connectivity index (χ1v) is 9.02. The molecule has 0 aliphatic carbocycles. The predicted octanol–water partition coefficient (Wildman–Crippen LogP) is 0.213. The first kappa shape index (κ1) is 19.3. The molecule has 2 aromatic rings. The van der Waals surface area contributed by atoms with Gasteiger partial charge in [0.05, 0.1) is 12.9 Å². The van der Waals surface area contributed by atoms with Crippen molar-refractivity contribution in [2.75, 3.05) is 6.61 Å². The van der Waals surface area contributed by atoms with Crippen LogP contribution >= 0.6 is 11.6 Å². The van der Waals surface area contributed by atoms with E-state index in [1.165, 1.54) is 22.3 Å². The number of aliphatic imine (C=N–C) groups is 1. The molecule has 1 fully saturated rings. The second kappa shape index (κ2) is 7.76. The summed E-state index contributed by atoms with van der Waals surface area (Å²) in [7, 11) is 0. The number of hydrogen-bond donors (Lipinski definition) is 4. The lowest BCUT2D eigenvalue weighted by molar-refractivity contribution is -0.136. The molecule has 10 nitrogen and oxygen atoms in total. The van der Waals surface area contributed by atoms with Crippen molar-refractivity contribution in [3.63, 3.8) is 0 Å². The van der Waals surface area contributed by atoms with Gasteiger partial charge < -0.3 is 25.8 Å². The zero-order valence-corrected chi connectivity index (χ0v) is 15.4. The highest BCUT2D eigenvalue weighted by Crippen LogP contribution is 2.37. The van der Waals surface area contributed by atoms with Crippen molar-refractivity contribution < 1.29 is 24.9 Å². The number of nitrogens with two attached hydrogens (primary N) is 1. The minimum absolute atomic E-state index is 0.199. The highest BCUT2D eigenvalue weighted by Gasteiger charge is 2.44. The topological polar surface area (TPSA) is 139 Å². The fourth-order valence-corrected chi connectivity index (χ4v) is 3.37. The number of fused-ring (bicyclic) bond motifs is 1. The van der Waals surface area contributed by atoms with Crippen LogP contribution in [0.2, 0.25) is 5.02 Å². The summed E-state index contributed by atoms with van der Waals surface area (Å²) in [6.07, 6.45) is -2.21. The minimum atomic E-state index is -1.24. The van der Waals surface area contributed by atoms with E-state index in [0.717, 1.165) is 5.56 Å². The summed E-state index contributed by atoms with van der Waals surface area (Å²) in [5.74, 6) is 0.375. The average molecular weight is 410 g/mol. The van der Waals surface area contributed by atoms with Gasteiger partial charge in [0.1, 0.15) is 37.0 Å². The lowest BCUT2D eigenvalue weighted by Crippen LogP contribution is -2.36. The molecule has 11 heteroatoms. The maximum Gasteiger partial charge on any atom is 0.165 e. The first-order valence-electron chi connectivity index (χ1n) is 8.65. The Morgan fingerprint density at radius 1 is 1.25 bits per heavy atom. The van der Waals surface area contributed by atoms with Gasteiger partial charge in [-0.15, -0.1) is 0 Å². The molecule has 1 saturated heterocycles. The van der Waals surface area contributed by atoms with E-state index in [2.05, 4.69) is 9.98 Å². The van der Waals surface area contributed by atoms with Gasteiger partial charge in [-0.1, -0.05) is 29.8 Å². The number of hydroxylamine groups is 2. The molecule has 0 spiro atoms. The second-order valence-corrected chi connectivity index (χ2v) is 6.91. The molecule has 4 rings (SSSR count). The molecule has 5 N–H and O–H groups in total. The van der Waals surface area contributed by atoms with Gasteiger partial charge >= 0.3 is 0 Å². The Balaban J connectivity index is 1.51. The first-order chi connectivity index (χ1) is 13.5. The number of aromatic nitrogens is 2. The third-order valence-electron chi connectivity index (χ3n) is 4.76. The molecule has 1 aromatic heterocycles. The molecule has 0 saturated carbocycles. The smallest absolute Gasteiger partial charge is 0.165 e. The van der Waals surface area contributed by atoms with E-state index >= 15 is 0 Å². The Morgan fingerprint density at radius 3 is 2.75 bits per heavy atom. The third-order valence-corrected chi connectivity index (χ3v) is 5.13. The Labute approximate surface area is 165 Å². The van der Waals surface area contributed by atoms with Crippen LogP contribution in [0.1, 0.15) is 23.7 Å². The number of imidazole rings is 1. The molecule has 3 unspecified atom stereocenters. The molecule has 2 aliphatic rings. The Kier molecular flexibility index (Phi) is 5.34. The molecule has 5 atom stereocenters. The Hall–Kier alpha value is -2.05. The number of ether oxygens (including phenoxy) is 1. The van der Waals surface area contributed by atoms with Gasteiger partial charge in [-0.25, -0.2) is 15.0 Å². The minimum Gasteiger partial charge on any atom is -0.394 e. The van der Waals surface area contributed by atoms with Gasteiger partial charge in [-0.3, -0.25) is 9.40 Å². The van der Waals surface area contributed by atoms with Gasteiger partial charge in [-0.05, 0) is 11.6 Å². The van der Waals surface area contributed by atoms with Crippen molar-refractivity contribution in [2.24, 2.45) is 10.7 Å². The van der Waals surface area contributed by atoms with Gasteiger partial charge in [0.15, 0.2) is 18.2 Å². The van der Waals surface area contributed by atoms with E-state index in [1.807, 2.05) is 18.2 Å². The zero-order valence-electron chi connectivity index (χ0n) is 14.7. The van der Waals surface area contributed by atoms with Crippen molar-refractivity contribution in [1.29, 1.82) is 0 Å². The number of halogens is 1. The summed E-state index contributed by atoms with van der Waals surface area (Å²) in [6, 6.07) is 7.30. The molecule has 2 aliphatic heterocycles. The summed E-state index contributed by atoms with van der Waals surface area (Å²) in [5.41, 5.74) is 7.44. The molecule has 1 aromatic carbocycles. The standard InChI is InChI=1S/C17H20ClN5O5/c18-10-4-2-1-3-9(10)6-27-23-8-21-16-12(15(23)19)20-7-22(16)17-14(26)13(25)11(5-24)28-17/h1-4,7-8,11,13-15,17,24-26H,5-6,19H2/t11-,13?,14?,15?,17-/m1/s1. The van der Waals surface area contributed by atoms with Crippen LogP contribution < -0.4 is 5.73 Å². The monoisotopic (exact) mass is 409 g/mol. The molecule has 3 heterocycles. The van der Waals surface area contributed by atoms with E-state index in [4.69, 9.17) is 26.9 Å². The summed E-state index contributed by atoms with van der Waals surface area (Å²) in [4.78, 5) is 14.3. The number of rotatable bonds is 5. The van der Waals surface area contributed by atoms with Crippen LogP contribution in [0.3, 0.4) is 0 Å². The molecule has 28 heavy (non-hydrogen) atoms. The largest absolute Gasteiger partial charge is 0.394 e. The maximum absolute atomic E-state index is 10.2. The lowest BCUT2D eigenvalue weighted by Gasteiger charge is -2.28. The van der Waals surface area contributed by atoms with Crippen molar-refractivity contribution in [3.8, 4) is 0 Å². The fourth-order valence-electron chi connectivity index (χ4n) is 3.18. The van der Waals surface area contributed by atoms with Crippen molar-refractivity contribution in [3.05, 3.63) is 46.9 Å². The highest BCUT2D eigenvalue weighted by atomic mass is 35.5. The normalized spacial score (nSPS) is 29.3. The van der Waals surface area contributed by atoms with E-state index in [0.29, 0.717) is 16.5 Å². The van der Waals surface area contributed by atoms with E-state index in [9.17, 15) is 15.3 Å². The average Bonchev–Trinajstić information content (AvgIpc) is 3.24. The molecule has 0 radical (unpaired) electrons. The quantitative estimate of drug-likeness (QED) is 0.549. The van der Waals surface area contributed by atoms with Crippen LogP contribution in [-0.2, 0) is 16.2 Å². The predicted molar refractivity (Wildman–Crippen MR) is 98.4 cm³/mol. The van der Waals surface area contributed by atoms with E-state index in [1.54, 1.807) is 6.07 Å². The molecular weight excluding hydrogens is 390 g/mol. The second-order valence-electron chi connectivity index (χ2n) is 6.50. The van der Waals surface area contributed by atoms with Crippen LogP contribution in [0.15, 0.2) is 35.6 Å². The fraction of sp³-hybridized carbons (Fsp3) is 0.412. The third kappa shape index (κ3) is 3.29. The number of hydrogen-bond acceptors (Lipinski definition) is 9. The van der Waals surface area contributed by atoms with Crippen LogP contribution in [0, 0.1) is 0 Å². The zero-order chi connectivity index (χ0) is 19.8. The SMILES string of the molecule is NC1c2ncn([C@@H]3O[C@H](CO)C(O)C3O)c2N=CN1OCc1ccccc1Cl. The molecular formula is C17H20ClN5O5.